The van der Waals surface area contributed by atoms with Gasteiger partial charge in [-0.3, -0.25) is 14.9 Å². The summed E-state index contributed by atoms with van der Waals surface area (Å²) in [4.78, 5) is 48.7. The quantitative estimate of drug-likeness (QED) is 0.184. The Balaban J connectivity index is 2.65. The molecule has 34 heavy (non-hydrogen) atoms. The number of benzene rings is 1. The fourth-order valence-electron chi connectivity index (χ4n) is 3.87. The number of nitrogens with zero attached hydrogens (tertiary/aromatic N) is 1. The predicted molar refractivity (Wildman–Crippen MR) is 124 cm³/mol. The van der Waals surface area contributed by atoms with Crippen LogP contribution in [0.1, 0.15) is 46.1 Å². The van der Waals surface area contributed by atoms with Gasteiger partial charge in [0.05, 0.1) is 29.1 Å². The Kier molecular flexibility index (Phi) is 8.89. The molecule has 1 aliphatic heterocycles. The van der Waals surface area contributed by atoms with Crippen molar-refractivity contribution in [2.45, 2.75) is 46.8 Å². The van der Waals surface area contributed by atoms with Crippen molar-refractivity contribution in [1.29, 1.82) is 0 Å². The van der Waals surface area contributed by atoms with Gasteiger partial charge in [0.25, 0.3) is 11.6 Å². The SMILES string of the molecule is CCO[C@@H](NC(=O)C1=C(C)NC(C)=C(C(=O)OC)[C@@H]1c1cccc([N+](=O)[O-])c1)C(=C=O)C(C)C. The van der Waals surface area contributed by atoms with E-state index in [4.69, 9.17) is 9.47 Å². The second-order valence-corrected chi connectivity index (χ2v) is 8.00. The number of ether oxygens (including phenoxy) is 2. The standard InChI is InChI=1S/C24H29N3O7/c1-7-34-23(18(12-28)13(2)3)26-22(29)19-14(4)25-15(5)20(24(30)33-6)21(19)16-9-8-10-17(11-16)27(31)32/h8-11,13,21,23,25H,7H2,1-6H3,(H,26,29)/t21-,23-/m1/s1. The number of esters is 1. The van der Waals surface area contributed by atoms with E-state index in [0.29, 0.717) is 17.0 Å². The van der Waals surface area contributed by atoms with Crippen LogP contribution in [-0.2, 0) is 23.9 Å². The molecule has 0 unspecified atom stereocenters. The van der Waals surface area contributed by atoms with Gasteiger partial charge in [0, 0.05) is 35.7 Å². The molecule has 0 saturated carbocycles. The molecule has 1 aliphatic rings. The summed E-state index contributed by atoms with van der Waals surface area (Å²) in [6, 6.07) is 5.73. The van der Waals surface area contributed by atoms with Crippen LogP contribution in [0.15, 0.2) is 52.4 Å². The van der Waals surface area contributed by atoms with Gasteiger partial charge in [0.2, 0.25) is 0 Å². The summed E-state index contributed by atoms with van der Waals surface area (Å²) in [5, 5.41) is 17.1. The van der Waals surface area contributed by atoms with Crippen molar-refractivity contribution >= 4 is 23.5 Å². The Morgan fingerprint density at radius 3 is 2.41 bits per heavy atom. The molecule has 0 spiro atoms. The smallest absolute Gasteiger partial charge is 0.336 e. The number of rotatable bonds is 9. The number of non-ortho nitro benzene ring substituents is 1. The number of carbonyl (C=O) groups is 2. The number of hydrogen-bond acceptors (Lipinski definition) is 8. The van der Waals surface area contributed by atoms with Crippen LogP contribution in [-0.4, -0.2) is 42.7 Å². The zero-order valence-corrected chi connectivity index (χ0v) is 20.1. The van der Waals surface area contributed by atoms with E-state index in [9.17, 15) is 24.5 Å². The molecule has 1 amide bonds. The summed E-state index contributed by atoms with van der Waals surface area (Å²) >= 11 is 0. The molecule has 10 heteroatoms. The third kappa shape index (κ3) is 5.59. The third-order valence-electron chi connectivity index (χ3n) is 5.44. The molecule has 2 N–H and O–H groups in total. The molecule has 0 aliphatic carbocycles. The van der Waals surface area contributed by atoms with Crippen molar-refractivity contribution in [3.63, 3.8) is 0 Å². The first-order valence-corrected chi connectivity index (χ1v) is 10.8. The molecule has 0 radical (unpaired) electrons. The molecule has 0 fully saturated rings. The monoisotopic (exact) mass is 471 g/mol. The summed E-state index contributed by atoms with van der Waals surface area (Å²) in [7, 11) is 1.22. The maximum absolute atomic E-state index is 13.6. The highest BCUT2D eigenvalue weighted by molar-refractivity contribution is 6.02. The summed E-state index contributed by atoms with van der Waals surface area (Å²) < 4.78 is 10.5. The highest BCUT2D eigenvalue weighted by atomic mass is 16.6. The average molecular weight is 472 g/mol. The minimum atomic E-state index is -1.03. The number of amides is 1. The third-order valence-corrected chi connectivity index (χ3v) is 5.44. The molecular formula is C24H29N3O7. The van der Waals surface area contributed by atoms with Gasteiger partial charge in [-0.2, -0.15) is 0 Å². The van der Waals surface area contributed by atoms with E-state index in [1.54, 1.807) is 40.7 Å². The Bertz CT molecular complexity index is 1100. The van der Waals surface area contributed by atoms with E-state index in [0.717, 1.165) is 0 Å². The number of allylic oxidation sites excluding steroid dienone is 2. The molecule has 1 aromatic rings. The van der Waals surface area contributed by atoms with Crippen LogP contribution in [0.25, 0.3) is 0 Å². The second kappa shape index (κ2) is 11.4. The van der Waals surface area contributed by atoms with Gasteiger partial charge in [0.15, 0.2) is 6.23 Å². The molecule has 2 rings (SSSR count). The molecule has 0 bridgehead atoms. The number of carbonyl (C=O) groups excluding carboxylic acids is 3. The number of hydrogen-bond donors (Lipinski definition) is 2. The average Bonchev–Trinajstić information content (AvgIpc) is 2.78. The second-order valence-electron chi connectivity index (χ2n) is 8.00. The van der Waals surface area contributed by atoms with Gasteiger partial charge in [-0.05, 0) is 32.3 Å². The van der Waals surface area contributed by atoms with E-state index >= 15 is 0 Å². The molecule has 182 valence electrons. The number of dihydropyridines is 1. The van der Waals surface area contributed by atoms with Crippen LogP contribution in [0.3, 0.4) is 0 Å². The van der Waals surface area contributed by atoms with Crippen molar-refractivity contribution < 1.29 is 28.8 Å². The van der Waals surface area contributed by atoms with Gasteiger partial charge >= 0.3 is 5.97 Å². The fraction of sp³-hybridized carbons (Fsp3) is 0.417. The zero-order chi connectivity index (χ0) is 25.6. The highest BCUT2D eigenvalue weighted by Gasteiger charge is 2.38. The van der Waals surface area contributed by atoms with E-state index in [1.165, 1.54) is 25.3 Å². The van der Waals surface area contributed by atoms with E-state index < -0.39 is 28.9 Å². The molecule has 2 atom stereocenters. The van der Waals surface area contributed by atoms with Gasteiger partial charge in [-0.1, -0.05) is 26.0 Å². The van der Waals surface area contributed by atoms with Crippen LogP contribution < -0.4 is 10.6 Å². The summed E-state index contributed by atoms with van der Waals surface area (Å²) in [5.41, 5.74) is 1.58. The van der Waals surface area contributed by atoms with E-state index in [1.807, 2.05) is 5.94 Å². The Morgan fingerprint density at radius 1 is 1.24 bits per heavy atom. The molecule has 1 aromatic carbocycles. The van der Waals surface area contributed by atoms with Crippen LogP contribution in [0.2, 0.25) is 0 Å². The van der Waals surface area contributed by atoms with Crippen molar-refractivity contribution in [1.82, 2.24) is 10.6 Å². The van der Waals surface area contributed by atoms with Crippen molar-refractivity contribution in [2.24, 2.45) is 5.92 Å². The van der Waals surface area contributed by atoms with Crippen LogP contribution in [0.4, 0.5) is 5.69 Å². The van der Waals surface area contributed by atoms with Gasteiger partial charge in [-0.15, -0.1) is 0 Å². The fourth-order valence-corrected chi connectivity index (χ4v) is 3.87. The summed E-state index contributed by atoms with van der Waals surface area (Å²) in [6.45, 7) is 8.81. The predicted octanol–water partition coefficient (Wildman–Crippen LogP) is 2.90. The normalized spacial score (nSPS) is 16.5. The van der Waals surface area contributed by atoms with Gasteiger partial charge < -0.3 is 20.1 Å². The lowest BCUT2D eigenvalue weighted by molar-refractivity contribution is -0.384. The number of methoxy groups -OCH3 is 1. The minimum Gasteiger partial charge on any atom is -0.466 e. The summed E-state index contributed by atoms with van der Waals surface area (Å²) in [5.74, 6) is -0.645. The lowest BCUT2D eigenvalue weighted by Gasteiger charge is -2.32. The zero-order valence-electron chi connectivity index (χ0n) is 20.1. The first-order chi connectivity index (χ1) is 16.1. The first-order valence-electron chi connectivity index (χ1n) is 10.8. The van der Waals surface area contributed by atoms with Crippen molar-refractivity contribution in [3.8, 4) is 0 Å². The maximum atomic E-state index is 13.6. The lowest BCUT2D eigenvalue weighted by Crippen LogP contribution is -2.43. The van der Waals surface area contributed by atoms with E-state index in [-0.39, 0.29) is 34.9 Å². The maximum Gasteiger partial charge on any atom is 0.336 e. The van der Waals surface area contributed by atoms with E-state index in [2.05, 4.69) is 10.6 Å². The topological polar surface area (TPSA) is 137 Å². The highest BCUT2D eigenvalue weighted by Crippen LogP contribution is 2.39. The molecule has 0 saturated heterocycles. The molecule has 1 heterocycles. The Labute approximate surface area is 197 Å². The first kappa shape index (κ1) is 26.5. The van der Waals surface area contributed by atoms with Crippen LogP contribution >= 0.6 is 0 Å². The number of nitro groups is 1. The largest absolute Gasteiger partial charge is 0.466 e. The van der Waals surface area contributed by atoms with Gasteiger partial charge in [-0.25, -0.2) is 9.59 Å². The van der Waals surface area contributed by atoms with Crippen LogP contribution in [0, 0.1) is 16.0 Å². The summed E-state index contributed by atoms with van der Waals surface area (Å²) in [6.07, 6.45) is -1.03. The molecule has 10 nitrogen and oxygen atoms in total. The van der Waals surface area contributed by atoms with Gasteiger partial charge in [0.1, 0.15) is 5.94 Å². The van der Waals surface area contributed by atoms with Crippen molar-refractivity contribution in [3.05, 3.63) is 68.1 Å². The number of nitro benzene ring substituents is 1. The molecular weight excluding hydrogens is 442 g/mol. The van der Waals surface area contributed by atoms with Crippen molar-refractivity contribution in [2.75, 3.05) is 13.7 Å². The Morgan fingerprint density at radius 2 is 1.88 bits per heavy atom. The number of nitrogens with one attached hydrogen (secondary N) is 2. The Hall–Kier alpha value is -3.75. The lowest BCUT2D eigenvalue weighted by atomic mass is 9.80. The minimum absolute atomic E-state index is 0.140. The van der Waals surface area contributed by atoms with Crippen LogP contribution in [0.5, 0.6) is 0 Å². The molecule has 0 aromatic heterocycles.